The monoisotopic (exact) mass is 465 g/mol. The first-order valence-electron chi connectivity index (χ1n) is 10.2. The molecule has 2 aromatic heterocycles. The number of aromatic nitrogens is 2. The van der Waals surface area contributed by atoms with Crippen molar-refractivity contribution in [3.8, 4) is 22.8 Å². The Hall–Kier alpha value is -3.34. The smallest absolute Gasteiger partial charge is 0.387 e. The van der Waals surface area contributed by atoms with Gasteiger partial charge in [0.25, 0.3) is 5.91 Å². The minimum Gasteiger partial charge on any atom is -0.496 e. The van der Waals surface area contributed by atoms with E-state index in [-0.39, 0.29) is 30.9 Å². The molecule has 1 aliphatic heterocycles. The van der Waals surface area contributed by atoms with Crippen molar-refractivity contribution in [2.24, 2.45) is 0 Å². The molecule has 2 atom stereocenters. The average molecular weight is 465 g/mol. The Bertz CT molecular complexity index is 1230. The molecular formula is C22H19F4N3O4. The largest absolute Gasteiger partial charge is 0.496 e. The van der Waals surface area contributed by atoms with Crippen molar-refractivity contribution in [1.82, 2.24) is 14.7 Å². The lowest BCUT2D eigenvalue weighted by atomic mass is 9.95. The lowest BCUT2D eigenvalue weighted by Crippen LogP contribution is -2.42. The highest BCUT2D eigenvalue weighted by Gasteiger charge is 2.41. The van der Waals surface area contributed by atoms with E-state index in [4.69, 9.17) is 9.47 Å². The fourth-order valence-electron chi connectivity index (χ4n) is 3.79. The number of carbonyl (C=O) groups excluding carboxylic acids is 1. The Morgan fingerprint density at radius 1 is 1.30 bits per heavy atom. The molecule has 1 amide bonds. The zero-order chi connectivity index (χ0) is 23.3. The van der Waals surface area contributed by atoms with Gasteiger partial charge in [0.2, 0.25) is 0 Å². The van der Waals surface area contributed by atoms with Crippen LogP contribution in [-0.2, 0) is 10.4 Å². The molecule has 3 aromatic rings. The van der Waals surface area contributed by atoms with Gasteiger partial charge in [-0.2, -0.15) is 8.78 Å². The summed E-state index contributed by atoms with van der Waals surface area (Å²) in [7, 11) is 1.28. The first kappa shape index (κ1) is 21.5. The summed E-state index contributed by atoms with van der Waals surface area (Å²) in [4.78, 5) is 16.9. The maximum atomic E-state index is 14.7. The Morgan fingerprint density at radius 3 is 2.64 bits per heavy atom. The van der Waals surface area contributed by atoms with Crippen LogP contribution in [0, 0.1) is 0 Å². The van der Waals surface area contributed by atoms with Crippen molar-refractivity contribution < 1.29 is 36.6 Å². The number of alkyl halides is 4. The molecule has 2 fully saturated rings. The molecule has 0 unspecified atom stereocenters. The van der Waals surface area contributed by atoms with Gasteiger partial charge in [0.05, 0.1) is 38.3 Å². The van der Waals surface area contributed by atoms with E-state index in [9.17, 15) is 22.4 Å². The highest BCUT2D eigenvalue weighted by Crippen LogP contribution is 2.38. The molecule has 7 nitrogen and oxygen atoms in total. The molecule has 0 bridgehead atoms. The molecule has 33 heavy (non-hydrogen) atoms. The molecule has 2 aliphatic rings. The number of hydrogen-bond acceptors (Lipinski definition) is 5. The van der Waals surface area contributed by atoms with Crippen molar-refractivity contribution in [3.63, 3.8) is 0 Å². The van der Waals surface area contributed by atoms with Crippen molar-refractivity contribution in [3.05, 3.63) is 47.8 Å². The molecule has 0 radical (unpaired) electrons. The molecule has 11 heteroatoms. The third kappa shape index (κ3) is 3.86. The second-order valence-corrected chi connectivity index (χ2v) is 8.01. The summed E-state index contributed by atoms with van der Waals surface area (Å²) in [6.07, 6.45) is 2.09. The van der Waals surface area contributed by atoms with Gasteiger partial charge in [-0.1, -0.05) is 0 Å². The summed E-state index contributed by atoms with van der Waals surface area (Å²) >= 11 is 0. The van der Waals surface area contributed by atoms with E-state index in [2.05, 4.69) is 15.0 Å². The number of methoxy groups -OCH3 is 1. The summed E-state index contributed by atoms with van der Waals surface area (Å²) in [5.41, 5.74) is -0.117. The standard InChI is InChI=1S/C22H19F4N3O4/c1-31-16-4-11(5-17(33-21(24)25)19(16)20(30)28-14-7-13(14)23)15-8-27-18-6-12(2-3-29(15)18)22(26)9-32-10-22/h2-6,8,13-14,21H,7,9-10H2,1H3,(H,28,30)/t13-,14+/m0/s1. The van der Waals surface area contributed by atoms with Gasteiger partial charge in [0.15, 0.2) is 5.67 Å². The molecule has 0 spiro atoms. The third-order valence-corrected chi connectivity index (χ3v) is 5.75. The van der Waals surface area contributed by atoms with Crippen molar-refractivity contribution in [1.29, 1.82) is 0 Å². The second-order valence-electron chi connectivity index (χ2n) is 8.01. The lowest BCUT2D eigenvalue weighted by Gasteiger charge is -2.34. The molecule has 1 aliphatic carbocycles. The van der Waals surface area contributed by atoms with Crippen molar-refractivity contribution in [2.75, 3.05) is 20.3 Å². The number of pyridine rings is 1. The fraction of sp³-hybridized carbons (Fsp3) is 0.364. The summed E-state index contributed by atoms with van der Waals surface area (Å²) in [5.74, 6) is -1.23. The number of nitrogens with one attached hydrogen (secondary N) is 1. The summed E-state index contributed by atoms with van der Waals surface area (Å²) in [5, 5.41) is 2.44. The fourth-order valence-corrected chi connectivity index (χ4v) is 3.79. The van der Waals surface area contributed by atoms with Gasteiger partial charge in [-0.3, -0.25) is 9.20 Å². The molecule has 1 aromatic carbocycles. The number of amides is 1. The number of hydrogen-bond donors (Lipinski definition) is 1. The van der Waals surface area contributed by atoms with Gasteiger partial charge < -0.3 is 19.5 Å². The zero-order valence-corrected chi connectivity index (χ0v) is 17.4. The topological polar surface area (TPSA) is 74.1 Å². The first-order chi connectivity index (χ1) is 15.8. The van der Waals surface area contributed by atoms with Crippen LogP contribution < -0.4 is 14.8 Å². The average Bonchev–Trinajstić information content (AvgIpc) is 3.28. The van der Waals surface area contributed by atoms with Gasteiger partial charge in [0, 0.05) is 18.2 Å². The van der Waals surface area contributed by atoms with Crippen LogP contribution in [0.2, 0.25) is 0 Å². The Labute approximate surface area is 185 Å². The lowest BCUT2D eigenvalue weighted by molar-refractivity contribution is -0.135. The van der Waals surface area contributed by atoms with Crippen molar-refractivity contribution in [2.45, 2.75) is 30.9 Å². The Kier molecular flexibility index (Phi) is 5.15. The van der Waals surface area contributed by atoms with Gasteiger partial charge in [-0.05, 0) is 29.8 Å². The zero-order valence-electron chi connectivity index (χ0n) is 17.4. The number of nitrogens with zero attached hydrogens (tertiary/aromatic N) is 2. The van der Waals surface area contributed by atoms with Crippen LogP contribution >= 0.6 is 0 Å². The number of benzene rings is 1. The molecular weight excluding hydrogens is 446 g/mol. The number of imidazole rings is 1. The number of ether oxygens (including phenoxy) is 3. The summed E-state index contributed by atoms with van der Waals surface area (Å²) in [6, 6.07) is 5.25. The summed E-state index contributed by atoms with van der Waals surface area (Å²) in [6.45, 7) is -3.27. The predicted molar refractivity (Wildman–Crippen MR) is 108 cm³/mol. The van der Waals surface area contributed by atoms with Gasteiger partial charge >= 0.3 is 6.61 Å². The van der Waals surface area contributed by atoms with Crippen LogP contribution in [0.5, 0.6) is 11.5 Å². The first-order valence-corrected chi connectivity index (χ1v) is 10.2. The number of fused-ring (bicyclic) bond motifs is 1. The minimum atomic E-state index is -3.21. The number of rotatable bonds is 7. The van der Waals surface area contributed by atoms with E-state index in [1.165, 1.54) is 25.4 Å². The van der Waals surface area contributed by atoms with E-state index in [1.54, 1.807) is 22.7 Å². The van der Waals surface area contributed by atoms with Crippen LogP contribution in [-0.4, -0.2) is 54.4 Å². The molecule has 1 saturated carbocycles. The maximum absolute atomic E-state index is 14.7. The van der Waals surface area contributed by atoms with Gasteiger partial charge in [-0.25, -0.2) is 13.8 Å². The SMILES string of the molecule is COc1cc(-c2cnc3cc(C4(F)COC4)ccn23)cc(OC(F)F)c1C(=O)N[C@@H]1C[C@@H]1F. The van der Waals surface area contributed by atoms with Crippen molar-refractivity contribution >= 4 is 11.6 Å². The van der Waals surface area contributed by atoms with Crippen LogP contribution in [0.25, 0.3) is 16.9 Å². The van der Waals surface area contributed by atoms with E-state index >= 15 is 0 Å². The minimum absolute atomic E-state index is 0.0300. The van der Waals surface area contributed by atoms with Crippen LogP contribution in [0.3, 0.4) is 0 Å². The highest BCUT2D eigenvalue weighted by molar-refractivity contribution is 6.01. The molecule has 174 valence electrons. The third-order valence-electron chi connectivity index (χ3n) is 5.75. The number of carbonyl (C=O) groups is 1. The molecule has 1 saturated heterocycles. The van der Waals surface area contributed by atoms with E-state index in [0.29, 0.717) is 22.5 Å². The molecule has 3 heterocycles. The Balaban J connectivity index is 1.56. The maximum Gasteiger partial charge on any atom is 0.387 e. The Morgan fingerprint density at radius 2 is 2.03 bits per heavy atom. The quantitative estimate of drug-likeness (QED) is 0.540. The van der Waals surface area contributed by atoms with Crippen LogP contribution in [0.1, 0.15) is 22.3 Å². The second kappa shape index (κ2) is 7.91. The van der Waals surface area contributed by atoms with E-state index < -0.39 is 36.2 Å². The predicted octanol–water partition coefficient (Wildman–Crippen LogP) is 3.65. The van der Waals surface area contributed by atoms with Gasteiger partial charge in [0.1, 0.15) is 28.9 Å². The molecule has 5 rings (SSSR count). The van der Waals surface area contributed by atoms with Gasteiger partial charge in [-0.15, -0.1) is 0 Å². The van der Waals surface area contributed by atoms with E-state index in [0.717, 1.165) is 0 Å². The van der Waals surface area contributed by atoms with Crippen LogP contribution in [0.4, 0.5) is 17.6 Å². The summed E-state index contributed by atoms with van der Waals surface area (Å²) < 4.78 is 70.7. The number of halogens is 4. The normalized spacial score (nSPS) is 21.0. The highest BCUT2D eigenvalue weighted by atomic mass is 19.3. The van der Waals surface area contributed by atoms with E-state index in [1.807, 2.05) is 0 Å². The van der Waals surface area contributed by atoms with Crippen LogP contribution in [0.15, 0.2) is 36.7 Å². The molecule has 1 N–H and O–H groups in total.